The number of aryl methyl sites for hydroxylation is 1. The molecule has 2 saturated heterocycles. The quantitative estimate of drug-likeness (QED) is 0.769. The molecule has 4 rings (SSSR count). The third-order valence-corrected chi connectivity index (χ3v) is 6.32. The SMILES string of the molecule is Cc1cc(Cl)ccc1C(=O)N1CCC[C@H](C(=O)Nc2cccc(N3CCCC3)c2)C1. The molecule has 6 heteroatoms. The number of anilines is 2. The van der Waals surface area contributed by atoms with Crippen molar-refractivity contribution in [3.63, 3.8) is 0 Å². The maximum atomic E-state index is 13.0. The van der Waals surface area contributed by atoms with E-state index in [0.29, 0.717) is 23.7 Å². The summed E-state index contributed by atoms with van der Waals surface area (Å²) >= 11 is 6.02. The van der Waals surface area contributed by atoms with Crippen LogP contribution in [0.3, 0.4) is 0 Å². The number of likely N-dealkylation sites (tertiary alicyclic amines) is 1. The van der Waals surface area contributed by atoms with Crippen molar-refractivity contribution in [1.29, 1.82) is 0 Å². The smallest absolute Gasteiger partial charge is 0.254 e. The average Bonchev–Trinajstić information content (AvgIpc) is 3.29. The van der Waals surface area contributed by atoms with Crippen molar-refractivity contribution in [2.24, 2.45) is 5.92 Å². The summed E-state index contributed by atoms with van der Waals surface area (Å²) in [5.74, 6) is -0.248. The van der Waals surface area contributed by atoms with Crippen LogP contribution >= 0.6 is 11.6 Å². The van der Waals surface area contributed by atoms with Gasteiger partial charge in [-0.1, -0.05) is 17.7 Å². The van der Waals surface area contributed by atoms with Gasteiger partial charge in [-0.25, -0.2) is 0 Å². The number of carbonyl (C=O) groups excluding carboxylic acids is 2. The highest BCUT2D eigenvalue weighted by molar-refractivity contribution is 6.30. The van der Waals surface area contributed by atoms with Crippen molar-refractivity contribution in [3.8, 4) is 0 Å². The zero-order valence-corrected chi connectivity index (χ0v) is 18.1. The fraction of sp³-hybridized carbons (Fsp3) is 0.417. The van der Waals surface area contributed by atoms with E-state index in [1.807, 2.05) is 25.1 Å². The first-order chi connectivity index (χ1) is 14.5. The minimum atomic E-state index is -0.203. The van der Waals surface area contributed by atoms with Gasteiger partial charge in [-0.2, -0.15) is 0 Å². The van der Waals surface area contributed by atoms with Crippen LogP contribution in [0.5, 0.6) is 0 Å². The van der Waals surface area contributed by atoms with E-state index in [1.165, 1.54) is 12.8 Å². The molecule has 1 N–H and O–H groups in total. The van der Waals surface area contributed by atoms with Crippen LogP contribution in [-0.2, 0) is 4.79 Å². The lowest BCUT2D eigenvalue weighted by molar-refractivity contribution is -0.121. The second-order valence-electron chi connectivity index (χ2n) is 8.28. The maximum absolute atomic E-state index is 13.0. The van der Waals surface area contributed by atoms with Crippen LogP contribution in [0.4, 0.5) is 11.4 Å². The molecule has 2 fully saturated rings. The standard InChI is InChI=1S/C24H28ClN3O2/c1-17-14-19(25)9-10-22(17)24(30)28-13-5-6-18(16-28)23(29)26-20-7-4-8-21(15-20)27-11-2-3-12-27/h4,7-10,14-15,18H,2-3,5-6,11-13,16H2,1H3,(H,26,29)/t18-/m0/s1. The lowest BCUT2D eigenvalue weighted by Crippen LogP contribution is -2.44. The number of amides is 2. The molecule has 5 nitrogen and oxygen atoms in total. The first-order valence-electron chi connectivity index (χ1n) is 10.7. The first kappa shape index (κ1) is 20.7. The Balaban J connectivity index is 1.41. The van der Waals surface area contributed by atoms with Gasteiger partial charge in [0.15, 0.2) is 0 Å². The summed E-state index contributed by atoms with van der Waals surface area (Å²) in [7, 11) is 0. The Kier molecular flexibility index (Phi) is 6.28. The summed E-state index contributed by atoms with van der Waals surface area (Å²) in [6, 6.07) is 13.4. The van der Waals surface area contributed by atoms with Gasteiger partial charge in [-0.3, -0.25) is 9.59 Å². The van der Waals surface area contributed by atoms with Crippen LogP contribution in [0.2, 0.25) is 5.02 Å². The van der Waals surface area contributed by atoms with Crippen LogP contribution in [0, 0.1) is 12.8 Å². The zero-order chi connectivity index (χ0) is 21.1. The van der Waals surface area contributed by atoms with E-state index < -0.39 is 0 Å². The normalized spacial score (nSPS) is 19.1. The molecule has 158 valence electrons. The molecule has 2 aliphatic heterocycles. The number of nitrogens with one attached hydrogen (secondary N) is 1. The summed E-state index contributed by atoms with van der Waals surface area (Å²) in [5, 5.41) is 3.69. The summed E-state index contributed by atoms with van der Waals surface area (Å²) in [5.41, 5.74) is 3.49. The van der Waals surface area contributed by atoms with Crippen molar-refractivity contribution >= 4 is 34.8 Å². The van der Waals surface area contributed by atoms with Crippen LogP contribution < -0.4 is 10.2 Å². The third kappa shape index (κ3) is 4.62. The van der Waals surface area contributed by atoms with Gasteiger partial charge in [-0.05, 0) is 74.6 Å². The number of benzene rings is 2. The Morgan fingerprint density at radius 3 is 2.60 bits per heavy atom. The molecule has 0 bridgehead atoms. The lowest BCUT2D eigenvalue weighted by Gasteiger charge is -2.32. The zero-order valence-electron chi connectivity index (χ0n) is 17.4. The van der Waals surface area contributed by atoms with Gasteiger partial charge in [-0.15, -0.1) is 0 Å². The molecule has 2 aliphatic rings. The Morgan fingerprint density at radius 1 is 1.03 bits per heavy atom. The molecule has 0 radical (unpaired) electrons. The van der Waals surface area contributed by atoms with Gasteiger partial charge in [0.2, 0.25) is 5.91 Å². The summed E-state index contributed by atoms with van der Waals surface area (Å²) in [6.45, 7) is 5.15. The molecule has 0 unspecified atom stereocenters. The predicted molar refractivity (Wildman–Crippen MR) is 121 cm³/mol. The van der Waals surface area contributed by atoms with Crippen molar-refractivity contribution in [3.05, 3.63) is 58.6 Å². The molecule has 2 aromatic rings. The van der Waals surface area contributed by atoms with Crippen molar-refractivity contribution in [1.82, 2.24) is 4.90 Å². The van der Waals surface area contributed by atoms with Gasteiger partial charge in [0, 0.05) is 48.1 Å². The van der Waals surface area contributed by atoms with E-state index in [1.54, 1.807) is 23.1 Å². The van der Waals surface area contributed by atoms with Crippen LogP contribution in [0.25, 0.3) is 0 Å². The molecular formula is C24H28ClN3O2. The van der Waals surface area contributed by atoms with Gasteiger partial charge >= 0.3 is 0 Å². The molecule has 1 atom stereocenters. The van der Waals surface area contributed by atoms with Crippen molar-refractivity contribution in [2.75, 3.05) is 36.4 Å². The summed E-state index contributed by atoms with van der Waals surface area (Å²) in [4.78, 5) is 30.1. The van der Waals surface area contributed by atoms with Crippen molar-refractivity contribution in [2.45, 2.75) is 32.6 Å². The van der Waals surface area contributed by atoms with E-state index >= 15 is 0 Å². The Bertz CT molecular complexity index is 940. The highest BCUT2D eigenvalue weighted by Gasteiger charge is 2.29. The monoisotopic (exact) mass is 425 g/mol. The molecular weight excluding hydrogens is 398 g/mol. The first-order valence-corrected chi connectivity index (χ1v) is 11.1. The second-order valence-corrected chi connectivity index (χ2v) is 8.72. The van der Waals surface area contributed by atoms with E-state index in [9.17, 15) is 9.59 Å². The highest BCUT2D eigenvalue weighted by Crippen LogP contribution is 2.26. The Labute approximate surface area is 183 Å². The van der Waals surface area contributed by atoms with E-state index in [-0.39, 0.29) is 17.7 Å². The molecule has 2 heterocycles. The van der Waals surface area contributed by atoms with E-state index in [2.05, 4.69) is 16.3 Å². The second kappa shape index (κ2) is 9.09. The predicted octanol–water partition coefficient (Wildman–Crippen LogP) is 4.74. The summed E-state index contributed by atoms with van der Waals surface area (Å²) in [6.07, 6.45) is 4.05. The Morgan fingerprint density at radius 2 is 1.83 bits per heavy atom. The minimum Gasteiger partial charge on any atom is -0.371 e. The van der Waals surface area contributed by atoms with Gasteiger partial charge < -0.3 is 15.1 Å². The average molecular weight is 426 g/mol. The molecule has 2 amide bonds. The number of rotatable bonds is 4. The third-order valence-electron chi connectivity index (χ3n) is 6.08. The minimum absolute atomic E-state index is 0.0149. The summed E-state index contributed by atoms with van der Waals surface area (Å²) < 4.78 is 0. The fourth-order valence-corrected chi connectivity index (χ4v) is 4.64. The van der Waals surface area contributed by atoms with Gasteiger partial charge in [0.05, 0.1) is 5.92 Å². The fourth-order valence-electron chi connectivity index (χ4n) is 4.41. The maximum Gasteiger partial charge on any atom is 0.254 e. The molecule has 0 saturated carbocycles. The molecule has 30 heavy (non-hydrogen) atoms. The lowest BCUT2D eigenvalue weighted by atomic mass is 9.96. The molecule has 2 aromatic carbocycles. The molecule has 0 aromatic heterocycles. The van der Waals surface area contributed by atoms with Crippen LogP contribution in [0.1, 0.15) is 41.6 Å². The Hall–Kier alpha value is -2.53. The number of piperidine rings is 1. The number of hydrogen-bond acceptors (Lipinski definition) is 3. The highest BCUT2D eigenvalue weighted by atomic mass is 35.5. The van der Waals surface area contributed by atoms with Gasteiger partial charge in [0.25, 0.3) is 5.91 Å². The van der Waals surface area contributed by atoms with E-state index in [4.69, 9.17) is 11.6 Å². The van der Waals surface area contributed by atoms with E-state index in [0.717, 1.165) is 42.9 Å². The number of carbonyl (C=O) groups is 2. The van der Waals surface area contributed by atoms with Crippen LogP contribution in [-0.4, -0.2) is 42.9 Å². The van der Waals surface area contributed by atoms with Gasteiger partial charge in [0.1, 0.15) is 0 Å². The number of hydrogen-bond donors (Lipinski definition) is 1. The number of nitrogens with zero attached hydrogens (tertiary/aromatic N) is 2. The van der Waals surface area contributed by atoms with Crippen LogP contribution in [0.15, 0.2) is 42.5 Å². The molecule has 0 aliphatic carbocycles. The van der Waals surface area contributed by atoms with Crippen molar-refractivity contribution < 1.29 is 9.59 Å². The number of halogens is 1. The largest absolute Gasteiger partial charge is 0.371 e. The molecule has 0 spiro atoms. The topological polar surface area (TPSA) is 52.7 Å².